The minimum absolute atomic E-state index is 0.136. The molecule has 3 N–H and O–H groups in total. The molecule has 6 rings (SSSR count). The first kappa shape index (κ1) is 21.5. The van der Waals surface area contributed by atoms with Crippen LogP contribution in [0.1, 0.15) is 37.4 Å². The molecule has 10 nitrogen and oxygen atoms in total. The number of amides is 1. The van der Waals surface area contributed by atoms with Gasteiger partial charge in [0.05, 0.1) is 30.1 Å². The third kappa shape index (κ3) is 4.52. The number of pyridine rings is 1. The molecular weight excluding hydrogens is 442 g/mol. The van der Waals surface area contributed by atoms with Crippen molar-refractivity contribution in [3.63, 3.8) is 0 Å². The fourth-order valence-corrected chi connectivity index (χ4v) is 4.59. The molecule has 10 heteroatoms. The van der Waals surface area contributed by atoms with E-state index in [0.717, 1.165) is 46.8 Å². The van der Waals surface area contributed by atoms with E-state index in [4.69, 9.17) is 4.98 Å². The third-order valence-corrected chi connectivity index (χ3v) is 6.57. The topological polar surface area (TPSA) is 118 Å². The molecule has 0 unspecified atom stereocenters. The second-order valence-corrected chi connectivity index (χ2v) is 9.30. The van der Waals surface area contributed by atoms with E-state index < -0.39 is 0 Å². The Morgan fingerprint density at radius 3 is 2.94 bits per heavy atom. The minimum Gasteiger partial charge on any atom is -0.326 e. The first-order valence-electron chi connectivity index (χ1n) is 11.9. The number of aromatic amines is 1. The van der Waals surface area contributed by atoms with Crippen molar-refractivity contribution in [1.29, 1.82) is 0 Å². The summed E-state index contributed by atoms with van der Waals surface area (Å²) in [7, 11) is 0. The number of nitrogens with zero attached hydrogens (tertiary/aromatic N) is 6. The summed E-state index contributed by atoms with van der Waals surface area (Å²) >= 11 is 0. The highest BCUT2D eigenvalue weighted by Crippen LogP contribution is 2.30. The lowest BCUT2D eigenvalue weighted by atomic mass is 9.85. The van der Waals surface area contributed by atoms with Crippen molar-refractivity contribution in [3.8, 4) is 11.3 Å². The fourth-order valence-electron chi connectivity index (χ4n) is 4.59. The van der Waals surface area contributed by atoms with Crippen LogP contribution in [0.25, 0.3) is 27.8 Å². The fraction of sp³-hybridized carbons (Fsp3) is 0.320. The molecular formula is C25H27N9O. The molecule has 4 aromatic heterocycles. The zero-order valence-corrected chi connectivity index (χ0v) is 19.5. The SMILES string of the molecule is CC(=O)Nc1cc(-c2cn(Cc3cn4cc(CNCC5CCC5)ccc4n3)nn2)c2cn[nH]c2c1. The summed E-state index contributed by atoms with van der Waals surface area (Å²) in [6.45, 7) is 3.95. The van der Waals surface area contributed by atoms with Crippen molar-refractivity contribution in [3.05, 3.63) is 60.3 Å². The van der Waals surface area contributed by atoms with Gasteiger partial charge < -0.3 is 15.0 Å². The molecule has 0 saturated heterocycles. The van der Waals surface area contributed by atoms with Gasteiger partial charge in [0, 0.05) is 42.5 Å². The molecule has 4 heterocycles. The van der Waals surface area contributed by atoms with Gasteiger partial charge in [0.1, 0.15) is 11.3 Å². The van der Waals surface area contributed by atoms with Gasteiger partial charge in [-0.05, 0) is 49.1 Å². The second kappa shape index (κ2) is 8.95. The predicted octanol–water partition coefficient (Wildman–Crippen LogP) is 3.37. The molecule has 1 amide bonds. The summed E-state index contributed by atoms with van der Waals surface area (Å²) < 4.78 is 3.84. The van der Waals surface area contributed by atoms with E-state index >= 15 is 0 Å². The molecule has 5 aromatic rings. The molecule has 1 saturated carbocycles. The molecule has 0 aliphatic heterocycles. The number of hydrogen-bond acceptors (Lipinski definition) is 6. The zero-order valence-electron chi connectivity index (χ0n) is 19.5. The van der Waals surface area contributed by atoms with E-state index in [-0.39, 0.29) is 5.91 Å². The van der Waals surface area contributed by atoms with Gasteiger partial charge in [0.15, 0.2) is 0 Å². The van der Waals surface area contributed by atoms with Crippen molar-refractivity contribution in [1.82, 2.24) is 39.9 Å². The van der Waals surface area contributed by atoms with E-state index in [1.54, 1.807) is 10.9 Å². The Bertz CT molecular complexity index is 1510. The van der Waals surface area contributed by atoms with Gasteiger partial charge in [0.2, 0.25) is 5.91 Å². The van der Waals surface area contributed by atoms with Crippen molar-refractivity contribution in [2.75, 3.05) is 11.9 Å². The van der Waals surface area contributed by atoms with Crippen molar-refractivity contribution >= 4 is 28.1 Å². The molecule has 0 atom stereocenters. The Morgan fingerprint density at radius 2 is 2.11 bits per heavy atom. The van der Waals surface area contributed by atoms with Crippen LogP contribution in [-0.4, -0.2) is 47.0 Å². The van der Waals surface area contributed by atoms with E-state index in [0.29, 0.717) is 17.9 Å². The number of fused-ring (bicyclic) bond motifs is 2. The number of hydrogen-bond donors (Lipinski definition) is 3. The van der Waals surface area contributed by atoms with Crippen LogP contribution in [0.5, 0.6) is 0 Å². The van der Waals surface area contributed by atoms with E-state index in [1.165, 1.54) is 31.7 Å². The number of anilines is 1. The lowest BCUT2D eigenvalue weighted by molar-refractivity contribution is -0.114. The van der Waals surface area contributed by atoms with Crippen LogP contribution in [0.4, 0.5) is 5.69 Å². The van der Waals surface area contributed by atoms with Crippen LogP contribution in [0.3, 0.4) is 0 Å². The van der Waals surface area contributed by atoms with E-state index in [9.17, 15) is 4.79 Å². The number of imidazole rings is 1. The molecule has 0 bridgehead atoms. The first-order chi connectivity index (χ1) is 17.1. The van der Waals surface area contributed by atoms with Gasteiger partial charge in [0.25, 0.3) is 0 Å². The molecule has 178 valence electrons. The zero-order chi connectivity index (χ0) is 23.8. The highest BCUT2D eigenvalue weighted by Gasteiger charge is 2.16. The number of carbonyl (C=O) groups excluding carboxylic acids is 1. The Kier molecular flexibility index (Phi) is 5.49. The van der Waals surface area contributed by atoms with Crippen LogP contribution < -0.4 is 10.6 Å². The molecule has 0 spiro atoms. The van der Waals surface area contributed by atoms with Crippen LogP contribution in [0.15, 0.2) is 49.1 Å². The standard InChI is InChI=1S/C25H27N9O/c1-16(35)28-19-7-21(22-11-27-30-23(22)8-19)24-15-34(32-31-24)14-20-13-33-12-18(5-6-25(33)29-20)10-26-9-17-3-2-4-17/h5-8,11-13,15,17,26H,2-4,9-10,14H2,1H3,(H,27,30)(H,28,35). The first-order valence-corrected chi connectivity index (χ1v) is 11.9. The van der Waals surface area contributed by atoms with Gasteiger partial charge in [-0.15, -0.1) is 5.10 Å². The maximum Gasteiger partial charge on any atom is 0.221 e. The lowest BCUT2D eigenvalue weighted by Crippen LogP contribution is -2.26. The van der Waals surface area contributed by atoms with Gasteiger partial charge in [-0.2, -0.15) is 5.10 Å². The summed E-state index contributed by atoms with van der Waals surface area (Å²) in [5.74, 6) is 0.714. The summed E-state index contributed by atoms with van der Waals surface area (Å²) in [5.41, 5.74) is 6.10. The number of H-pyrrole nitrogens is 1. The molecule has 0 radical (unpaired) electrons. The minimum atomic E-state index is -0.136. The number of benzene rings is 1. The predicted molar refractivity (Wildman–Crippen MR) is 133 cm³/mol. The van der Waals surface area contributed by atoms with Crippen molar-refractivity contribution in [2.24, 2.45) is 5.92 Å². The molecule has 1 aliphatic carbocycles. The Morgan fingerprint density at radius 1 is 1.20 bits per heavy atom. The number of rotatable bonds is 8. The second-order valence-electron chi connectivity index (χ2n) is 9.30. The molecule has 35 heavy (non-hydrogen) atoms. The Hall–Kier alpha value is -4.05. The monoisotopic (exact) mass is 469 g/mol. The third-order valence-electron chi connectivity index (χ3n) is 6.57. The summed E-state index contributed by atoms with van der Waals surface area (Å²) in [6.07, 6.45) is 11.9. The maximum absolute atomic E-state index is 11.5. The van der Waals surface area contributed by atoms with E-state index in [2.05, 4.69) is 53.9 Å². The number of carbonyl (C=O) groups is 1. The summed E-state index contributed by atoms with van der Waals surface area (Å²) in [5, 5.41) is 23.1. The summed E-state index contributed by atoms with van der Waals surface area (Å²) in [6, 6.07) is 7.93. The highest BCUT2D eigenvalue weighted by atomic mass is 16.1. The van der Waals surface area contributed by atoms with Gasteiger partial charge in [-0.25, -0.2) is 9.67 Å². The van der Waals surface area contributed by atoms with Crippen molar-refractivity contribution < 1.29 is 4.79 Å². The molecule has 1 aliphatic rings. The summed E-state index contributed by atoms with van der Waals surface area (Å²) in [4.78, 5) is 16.3. The maximum atomic E-state index is 11.5. The number of aromatic nitrogens is 7. The molecule has 1 aromatic carbocycles. The van der Waals surface area contributed by atoms with Gasteiger partial charge in [-0.1, -0.05) is 17.7 Å². The smallest absolute Gasteiger partial charge is 0.221 e. The number of nitrogens with one attached hydrogen (secondary N) is 3. The van der Waals surface area contributed by atoms with Crippen molar-refractivity contribution in [2.45, 2.75) is 39.3 Å². The van der Waals surface area contributed by atoms with E-state index in [1.807, 2.05) is 24.5 Å². The van der Waals surface area contributed by atoms with Crippen LogP contribution in [0.2, 0.25) is 0 Å². The van der Waals surface area contributed by atoms with Crippen LogP contribution in [0, 0.1) is 5.92 Å². The average molecular weight is 470 g/mol. The Labute approximate surface area is 201 Å². The quantitative estimate of drug-likeness (QED) is 0.321. The highest BCUT2D eigenvalue weighted by molar-refractivity contribution is 5.99. The van der Waals surface area contributed by atoms with Gasteiger partial charge in [-0.3, -0.25) is 9.89 Å². The lowest BCUT2D eigenvalue weighted by Gasteiger charge is -2.25. The Balaban J connectivity index is 1.19. The van der Waals surface area contributed by atoms with Crippen LogP contribution in [-0.2, 0) is 17.9 Å². The van der Waals surface area contributed by atoms with Gasteiger partial charge >= 0.3 is 0 Å². The average Bonchev–Trinajstić information content (AvgIpc) is 3.53. The molecule has 1 fully saturated rings. The largest absolute Gasteiger partial charge is 0.326 e. The van der Waals surface area contributed by atoms with Crippen LogP contribution >= 0.6 is 0 Å². The normalized spacial score (nSPS) is 14.0.